The van der Waals surface area contributed by atoms with Crippen LogP contribution in [0.4, 0.5) is 0 Å². The Morgan fingerprint density at radius 3 is 1.69 bits per heavy atom. The molecule has 1 heterocycles. The van der Waals surface area contributed by atoms with E-state index in [0.29, 0.717) is 12.8 Å². The second-order valence-electron chi connectivity index (χ2n) is 10.5. The average molecular weight is 764 g/mol. The summed E-state index contributed by atoms with van der Waals surface area (Å²) in [5, 5.41) is 53.3. The van der Waals surface area contributed by atoms with E-state index in [1.807, 2.05) is 30.3 Å². The summed E-state index contributed by atoms with van der Waals surface area (Å²) < 4.78 is 11.0. The molecule has 6 N–H and O–H groups in total. The standard InChI is InChI=1S/C45H33NO8.24H2/c1-2-3-4-5-6-7-8-9-10-11-12-13-14-15-16-17-18-19-20-21-22-23-27-34-41(49)46-38(39(48)33-29-28-32-37-30-25-24-26-31-37)36-53-45-44(52)43(51)42(50)40(35-47)54-45;;;;;;;;;;;;;;;;;;;;;;;;/h24-26,30-31,38-40,42-45,47-48,50-52H,28-29,32-33,35-36H2,1H3,(H,46,49);24*1H/t38-,39+,40?,42-,43?,44-,45-;;;;;;;;;;;;;;;;;;;;;;;;/m0......................../s1. The summed E-state index contributed by atoms with van der Waals surface area (Å²) in [6.45, 7) is 0.695. The third kappa shape index (κ3) is 18.9. The first-order chi connectivity index (χ1) is 26.4. The van der Waals surface area contributed by atoms with Gasteiger partial charge in [0.15, 0.2) is 6.29 Å². The number of rotatable bonds is 11. The first-order valence-corrected chi connectivity index (χ1v) is 16.2. The van der Waals surface area contributed by atoms with Gasteiger partial charge in [0.1, 0.15) is 24.4 Å². The fourth-order valence-electron chi connectivity index (χ4n) is 4.16. The Balaban J connectivity index is -0.0000000600. The molecule has 1 aliphatic rings. The molecule has 7 atom stereocenters. The minimum atomic E-state index is -1.65. The molecule has 0 aromatic heterocycles. The average Bonchev–Trinajstić information content (AvgIpc) is 3.18. The van der Waals surface area contributed by atoms with E-state index < -0.39 is 55.4 Å². The van der Waals surface area contributed by atoms with E-state index in [1.165, 1.54) is 0 Å². The normalized spacial score (nSPS) is 17.7. The summed E-state index contributed by atoms with van der Waals surface area (Å²) in [4.78, 5) is 12.6. The van der Waals surface area contributed by atoms with Gasteiger partial charge in [-0.05, 0) is 126 Å². The number of hydrogen-bond acceptors (Lipinski definition) is 8. The van der Waals surface area contributed by atoms with Crippen molar-refractivity contribution in [2.24, 2.45) is 0 Å². The van der Waals surface area contributed by atoms with Crippen LogP contribution < -0.4 is 5.32 Å². The molecule has 54 heavy (non-hydrogen) atoms. The Labute approximate surface area is 352 Å². The van der Waals surface area contributed by atoms with Crippen molar-refractivity contribution in [3.63, 3.8) is 0 Å². The van der Waals surface area contributed by atoms with Crippen LogP contribution in [0.25, 0.3) is 0 Å². The van der Waals surface area contributed by atoms with E-state index in [1.54, 1.807) is 6.92 Å². The van der Waals surface area contributed by atoms with Crippen molar-refractivity contribution < 1.29 is 74.0 Å². The number of carbonyl (C=O) groups is 1. The molecule has 1 saturated heterocycles. The van der Waals surface area contributed by atoms with E-state index in [9.17, 15) is 30.3 Å². The Morgan fingerprint density at radius 1 is 0.722 bits per heavy atom. The van der Waals surface area contributed by atoms with Gasteiger partial charge in [-0.15, -0.1) is 0 Å². The van der Waals surface area contributed by atoms with Gasteiger partial charge in [0.05, 0.1) is 25.4 Å². The molecule has 314 valence electrons. The van der Waals surface area contributed by atoms with Gasteiger partial charge in [-0.2, -0.15) is 0 Å². The molecule has 9 heteroatoms. The van der Waals surface area contributed by atoms with Gasteiger partial charge in [-0.25, -0.2) is 0 Å². The van der Waals surface area contributed by atoms with Crippen molar-refractivity contribution >= 4 is 5.91 Å². The highest BCUT2D eigenvalue weighted by atomic mass is 16.7. The van der Waals surface area contributed by atoms with Gasteiger partial charge in [0.25, 0.3) is 5.91 Å². The molecule has 1 aromatic carbocycles. The summed E-state index contributed by atoms with van der Waals surface area (Å²) in [6.07, 6.45) is -6.03. The molecule has 2 unspecified atom stereocenters. The summed E-state index contributed by atoms with van der Waals surface area (Å²) in [6, 6.07) is 8.87. The third-order valence-corrected chi connectivity index (χ3v) is 6.74. The maximum atomic E-state index is 12.6. The lowest BCUT2D eigenvalue weighted by Gasteiger charge is -2.40. The summed E-state index contributed by atoms with van der Waals surface area (Å²) in [7, 11) is 0. The minimum absolute atomic E-state index is 0. The smallest absolute Gasteiger partial charge is 0.297 e. The van der Waals surface area contributed by atoms with Gasteiger partial charge in [0.2, 0.25) is 0 Å². The topological polar surface area (TPSA) is 149 Å². The van der Waals surface area contributed by atoms with Crippen molar-refractivity contribution in [1.82, 2.24) is 5.32 Å². The largest absolute Gasteiger partial charge is 0.394 e. The maximum absolute atomic E-state index is 12.6. The fourth-order valence-corrected chi connectivity index (χ4v) is 4.16. The predicted molar refractivity (Wildman–Crippen MR) is 251 cm³/mol. The molecule has 0 aliphatic carbocycles. The number of aryl methyl sites for hydroxylation is 1. The number of unbranched alkanes of at least 4 members (excludes halogenated alkanes) is 1. The number of aliphatic hydroxyl groups is 5. The quantitative estimate of drug-likeness (QED) is 0.136. The predicted octanol–water partition coefficient (Wildman–Crippen LogP) is 5.03. The van der Waals surface area contributed by atoms with Crippen LogP contribution in [0.15, 0.2) is 30.3 Å². The highest BCUT2D eigenvalue weighted by Gasteiger charge is 2.44. The van der Waals surface area contributed by atoms with Gasteiger partial charge in [-0.1, -0.05) is 42.7 Å². The van der Waals surface area contributed by atoms with Crippen LogP contribution >= 0.6 is 0 Å². The first kappa shape index (κ1) is 43.3. The summed E-state index contributed by atoms with van der Waals surface area (Å²) in [5.74, 6) is 58.6. The minimum Gasteiger partial charge on any atom is -0.394 e. The van der Waals surface area contributed by atoms with Crippen LogP contribution in [0.3, 0.4) is 0 Å². The van der Waals surface area contributed by atoms with Gasteiger partial charge < -0.3 is 40.3 Å². The molecule has 1 aromatic rings. The van der Waals surface area contributed by atoms with Crippen molar-refractivity contribution in [2.45, 2.75) is 75.5 Å². The lowest BCUT2D eigenvalue weighted by Crippen LogP contribution is -2.60. The lowest BCUT2D eigenvalue weighted by atomic mass is 9.99. The van der Waals surface area contributed by atoms with Crippen LogP contribution in [0.1, 0.15) is 66.0 Å². The van der Waals surface area contributed by atoms with Gasteiger partial charge >= 0.3 is 0 Å². The van der Waals surface area contributed by atoms with Crippen LogP contribution in [-0.2, 0) is 20.7 Å². The van der Waals surface area contributed by atoms with Gasteiger partial charge in [-0.3, -0.25) is 4.79 Å². The number of carbonyl (C=O) groups excluding carboxylic acids is 1. The van der Waals surface area contributed by atoms with E-state index in [0.717, 1.165) is 18.4 Å². The molecule has 1 fully saturated rings. The zero-order valence-electron chi connectivity index (χ0n) is 29.1. The van der Waals surface area contributed by atoms with E-state index in [-0.39, 0.29) is 40.8 Å². The molecule has 0 radical (unpaired) electrons. The molecule has 1 aliphatic heterocycles. The monoisotopic (exact) mass is 764 g/mol. The summed E-state index contributed by atoms with van der Waals surface area (Å²) in [5.41, 5.74) is 1.16. The van der Waals surface area contributed by atoms with E-state index >= 15 is 0 Å². The van der Waals surface area contributed by atoms with Gasteiger partial charge in [0, 0.05) is 75.7 Å². The summed E-state index contributed by atoms with van der Waals surface area (Å²) >= 11 is 0. The maximum Gasteiger partial charge on any atom is 0.297 e. The third-order valence-electron chi connectivity index (χ3n) is 6.74. The van der Waals surface area contributed by atoms with Crippen LogP contribution in [0, 0.1) is 142 Å². The fraction of sp³-hybridized carbons (Fsp3) is 0.311. The van der Waals surface area contributed by atoms with E-state index in [4.69, 9.17) is 9.47 Å². The van der Waals surface area contributed by atoms with Crippen molar-refractivity contribution in [3.8, 4) is 142 Å². The first-order valence-electron chi connectivity index (χ1n) is 16.2. The second kappa shape index (κ2) is 27.8. The highest BCUT2D eigenvalue weighted by Crippen LogP contribution is 2.22. The van der Waals surface area contributed by atoms with Crippen LogP contribution in [0.2, 0.25) is 0 Å². The Morgan fingerprint density at radius 2 is 1.20 bits per heavy atom. The molecule has 0 saturated carbocycles. The number of amides is 1. The number of aliphatic hydroxyl groups excluding tert-OH is 5. The molecule has 2 rings (SSSR count). The van der Waals surface area contributed by atoms with Crippen molar-refractivity contribution in [3.05, 3.63) is 35.9 Å². The zero-order valence-corrected chi connectivity index (χ0v) is 29.1. The molecule has 0 spiro atoms. The highest BCUT2D eigenvalue weighted by molar-refractivity contribution is 5.94. The lowest BCUT2D eigenvalue weighted by molar-refractivity contribution is -0.302. The number of nitrogens with one attached hydrogen (secondary N) is 1. The van der Waals surface area contributed by atoms with Crippen molar-refractivity contribution in [2.75, 3.05) is 13.2 Å². The Bertz CT molecular complexity index is 2290. The van der Waals surface area contributed by atoms with Crippen molar-refractivity contribution in [1.29, 1.82) is 0 Å². The molecule has 9 nitrogen and oxygen atoms in total. The molecule has 1 amide bonds. The zero-order chi connectivity index (χ0) is 39.1. The second-order valence-corrected chi connectivity index (χ2v) is 10.5. The van der Waals surface area contributed by atoms with Crippen LogP contribution in [-0.4, -0.2) is 87.5 Å². The number of benzene rings is 1. The molecular formula is C45H81NO8. The Kier molecular flexibility index (Phi) is 22.3. The van der Waals surface area contributed by atoms with E-state index in [2.05, 4.69) is 147 Å². The van der Waals surface area contributed by atoms with Crippen LogP contribution in [0.5, 0.6) is 0 Å². The number of ether oxygens (including phenoxy) is 2. The Hall–Kier alpha value is -6.87. The number of hydrogen-bond donors (Lipinski definition) is 6. The molecule has 0 bridgehead atoms. The molecular weight excluding hydrogens is 682 g/mol. The SMILES string of the molecule is CC#CC#CC#CC#CC#CC#CC#CC#CC#CC#CC#CC#CC(=O)N[C@@H](CO[C@H]1OC(CO)[C@H](O)C(O)[C@@H]1O)[C@H](O)CCCCc1ccccc1.[HH].[HH].[HH].[HH].[HH].[HH].[HH].[HH].[HH].[HH].[HH].[HH].[HH].[HH].[HH].[HH].[HH].[HH].[HH].[HH].[HH].[HH].[HH].[HH].